The summed E-state index contributed by atoms with van der Waals surface area (Å²) in [5.41, 5.74) is 8.12. The van der Waals surface area contributed by atoms with Crippen molar-refractivity contribution in [1.29, 1.82) is 0 Å². The van der Waals surface area contributed by atoms with Crippen LogP contribution in [-0.2, 0) is 6.42 Å². The third-order valence-corrected chi connectivity index (χ3v) is 3.09. The third-order valence-electron chi connectivity index (χ3n) is 3.09. The molecule has 0 aliphatic rings. The van der Waals surface area contributed by atoms with E-state index in [1.807, 2.05) is 26.8 Å². The fourth-order valence-corrected chi connectivity index (χ4v) is 1.96. The second kappa shape index (κ2) is 6.28. The molecule has 1 aromatic carbocycles. The molecule has 1 N–H and O–H groups in total. The topological polar surface area (TPSA) is 50.2 Å². The zero-order valence-corrected chi connectivity index (χ0v) is 12.4. The minimum Gasteiger partial charge on any atom is -0.245 e. The third kappa shape index (κ3) is 3.63. The molecule has 0 amide bonds. The van der Waals surface area contributed by atoms with Crippen molar-refractivity contribution < 1.29 is 0 Å². The molecule has 1 aromatic heterocycles. The quantitative estimate of drug-likeness (QED) is 0.682. The number of nitrogens with zero attached hydrogens (tertiary/aromatic N) is 3. The van der Waals surface area contributed by atoms with Crippen molar-refractivity contribution in [2.75, 3.05) is 5.43 Å². The maximum absolute atomic E-state index is 4.34. The second-order valence-corrected chi connectivity index (χ2v) is 4.83. The first-order valence-corrected chi connectivity index (χ1v) is 6.80. The molecule has 0 unspecified atom stereocenters. The smallest absolute Gasteiger partial charge is 0.243 e. The van der Waals surface area contributed by atoms with Crippen LogP contribution >= 0.6 is 0 Å². The lowest BCUT2D eigenvalue weighted by Crippen LogP contribution is -2.03. The van der Waals surface area contributed by atoms with Crippen molar-refractivity contribution in [3.05, 3.63) is 52.8 Å². The number of anilines is 1. The Morgan fingerprint density at radius 1 is 1.10 bits per heavy atom. The summed E-state index contributed by atoms with van der Waals surface area (Å²) in [5, 5.41) is 4.34. The Morgan fingerprint density at radius 2 is 1.70 bits per heavy atom. The normalized spacial score (nSPS) is 11.5. The summed E-state index contributed by atoms with van der Waals surface area (Å²) >= 11 is 0. The van der Waals surface area contributed by atoms with Gasteiger partial charge in [-0.05, 0) is 44.4 Å². The Balaban J connectivity index is 2.13. The van der Waals surface area contributed by atoms with Gasteiger partial charge in [-0.2, -0.15) is 5.10 Å². The molecule has 2 aromatic rings. The van der Waals surface area contributed by atoms with Gasteiger partial charge in [0.1, 0.15) is 0 Å². The number of nitrogens with one attached hydrogen (secondary N) is 1. The monoisotopic (exact) mass is 268 g/mol. The zero-order chi connectivity index (χ0) is 14.5. The molecular weight excluding hydrogens is 248 g/mol. The predicted octanol–water partition coefficient (Wildman–Crippen LogP) is 3.49. The number of hydrazone groups is 1. The van der Waals surface area contributed by atoms with E-state index in [2.05, 4.69) is 51.7 Å². The molecule has 4 heteroatoms. The van der Waals surface area contributed by atoms with Crippen LogP contribution in [0.25, 0.3) is 0 Å². The first kappa shape index (κ1) is 14.2. The molecule has 0 aliphatic carbocycles. The van der Waals surface area contributed by atoms with E-state index < -0.39 is 0 Å². The average Bonchev–Trinajstić information content (AvgIpc) is 2.44. The fraction of sp³-hybridized carbons (Fsp3) is 0.312. The molecule has 0 saturated heterocycles. The maximum atomic E-state index is 4.34. The highest BCUT2D eigenvalue weighted by Gasteiger charge is 2.00. The second-order valence-electron chi connectivity index (χ2n) is 4.83. The minimum atomic E-state index is 0.534. The van der Waals surface area contributed by atoms with E-state index in [9.17, 15) is 0 Å². The summed E-state index contributed by atoms with van der Waals surface area (Å²) in [7, 11) is 0. The minimum absolute atomic E-state index is 0.534. The van der Waals surface area contributed by atoms with Crippen LogP contribution in [0.1, 0.15) is 36.4 Å². The van der Waals surface area contributed by atoms with Crippen molar-refractivity contribution >= 4 is 11.7 Å². The van der Waals surface area contributed by atoms with Crippen LogP contribution in [0.4, 0.5) is 5.95 Å². The highest BCUT2D eigenvalue weighted by Crippen LogP contribution is 2.08. The molecule has 1 heterocycles. The summed E-state index contributed by atoms with van der Waals surface area (Å²) in [4.78, 5) is 8.60. The average molecular weight is 268 g/mol. The lowest BCUT2D eigenvalue weighted by molar-refractivity contribution is 1.03. The van der Waals surface area contributed by atoms with Crippen LogP contribution in [0, 0.1) is 13.8 Å². The van der Waals surface area contributed by atoms with Gasteiger partial charge in [0, 0.05) is 11.4 Å². The summed E-state index contributed by atoms with van der Waals surface area (Å²) in [6, 6.07) is 10.4. The highest BCUT2D eigenvalue weighted by molar-refractivity contribution is 5.99. The van der Waals surface area contributed by atoms with Gasteiger partial charge in [-0.25, -0.2) is 15.4 Å². The van der Waals surface area contributed by atoms with Gasteiger partial charge in [-0.1, -0.05) is 31.2 Å². The van der Waals surface area contributed by atoms with Gasteiger partial charge in [-0.3, -0.25) is 0 Å². The highest BCUT2D eigenvalue weighted by atomic mass is 15.4. The maximum Gasteiger partial charge on any atom is 0.243 e. The van der Waals surface area contributed by atoms with E-state index in [1.54, 1.807) is 0 Å². The van der Waals surface area contributed by atoms with E-state index >= 15 is 0 Å². The van der Waals surface area contributed by atoms with Crippen molar-refractivity contribution in [3.8, 4) is 0 Å². The molecule has 0 fully saturated rings. The number of hydrogen-bond donors (Lipinski definition) is 1. The molecule has 0 saturated carbocycles. The van der Waals surface area contributed by atoms with Gasteiger partial charge in [0.05, 0.1) is 5.71 Å². The van der Waals surface area contributed by atoms with E-state index in [0.717, 1.165) is 29.1 Å². The van der Waals surface area contributed by atoms with Gasteiger partial charge in [-0.15, -0.1) is 0 Å². The van der Waals surface area contributed by atoms with Crippen molar-refractivity contribution in [2.24, 2.45) is 5.10 Å². The Bertz CT molecular complexity index is 595. The van der Waals surface area contributed by atoms with Crippen LogP contribution < -0.4 is 5.43 Å². The SMILES string of the molecule is CCc1ccc(/C(C)=N\Nc2nc(C)cc(C)n2)cc1. The largest absolute Gasteiger partial charge is 0.245 e. The van der Waals surface area contributed by atoms with E-state index in [0.29, 0.717) is 5.95 Å². The van der Waals surface area contributed by atoms with E-state index in [-0.39, 0.29) is 0 Å². The summed E-state index contributed by atoms with van der Waals surface area (Å²) in [6.45, 7) is 8.01. The van der Waals surface area contributed by atoms with E-state index in [4.69, 9.17) is 0 Å². The van der Waals surface area contributed by atoms with Gasteiger partial charge >= 0.3 is 0 Å². The van der Waals surface area contributed by atoms with Gasteiger partial charge in [0.25, 0.3) is 0 Å². The van der Waals surface area contributed by atoms with Crippen molar-refractivity contribution in [1.82, 2.24) is 9.97 Å². The molecule has 0 radical (unpaired) electrons. The standard InChI is InChI=1S/C16H20N4/c1-5-14-6-8-15(9-7-14)13(4)19-20-16-17-11(2)10-12(3)18-16/h6-10H,5H2,1-4H3,(H,17,18,20)/b19-13-. The molecule has 2 rings (SSSR count). The van der Waals surface area contributed by atoms with Crippen LogP contribution in [0.15, 0.2) is 35.4 Å². The van der Waals surface area contributed by atoms with Gasteiger partial charge < -0.3 is 0 Å². The molecule has 0 bridgehead atoms. The fourth-order valence-electron chi connectivity index (χ4n) is 1.96. The molecule has 0 aliphatic heterocycles. The van der Waals surface area contributed by atoms with Crippen molar-refractivity contribution in [2.45, 2.75) is 34.1 Å². The van der Waals surface area contributed by atoms with Gasteiger partial charge in [0.2, 0.25) is 5.95 Å². The van der Waals surface area contributed by atoms with Crippen LogP contribution in [0.2, 0.25) is 0 Å². The van der Waals surface area contributed by atoms with Gasteiger partial charge in [0.15, 0.2) is 0 Å². The molecular formula is C16H20N4. The molecule has 4 nitrogen and oxygen atoms in total. The summed E-state index contributed by atoms with van der Waals surface area (Å²) in [6.07, 6.45) is 1.05. The predicted molar refractivity (Wildman–Crippen MR) is 83.2 cm³/mol. The number of benzene rings is 1. The lowest BCUT2D eigenvalue weighted by Gasteiger charge is -2.05. The Morgan fingerprint density at radius 3 is 2.25 bits per heavy atom. The zero-order valence-electron chi connectivity index (χ0n) is 12.4. The number of rotatable bonds is 4. The molecule has 104 valence electrons. The molecule has 0 spiro atoms. The van der Waals surface area contributed by atoms with Crippen molar-refractivity contribution in [3.63, 3.8) is 0 Å². The van der Waals surface area contributed by atoms with Crippen LogP contribution in [0.5, 0.6) is 0 Å². The number of aryl methyl sites for hydroxylation is 3. The summed E-state index contributed by atoms with van der Waals surface area (Å²) < 4.78 is 0. The summed E-state index contributed by atoms with van der Waals surface area (Å²) in [5.74, 6) is 0.534. The Hall–Kier alpha value is -2.23. The number of hydrogen-bond acceptors (Lipinski definition) is 4. The van der Waals surface area contributed by atoms with E-state index in [1.165, 1.54) is 5.56 Å². The number of aromatic nitrogens is 2. The Labute approximate surface area is 120 Å². The molecule has 20 heavy (non-hydrogen) atoms. The Kier molecular flexibility index (Phi) is 4.45. The van der Waals surface area contributed by atoms with Crippen LogP contribution in [0.3, 0.4) is 0 Å². The van der Waals surface area contributed by atoms with Crippen LogP contribution in [-0.4, -0.2) is 15.7 Å². The lowest BCUT2D eigenvalue weighted by atomic mass is 10.1. The molecule has 0 atom stereocenters. The first-order valence-electron chi connectivity index (χ1n) is 6.80. The first-order chi connectivity index (χ1) is 9.58.